The van der Waals surface area contributed by atoms with E-state index in [2.05, 4.69) is 56.7 Å². The van der Waals surface area contributed by atoms with Crippen molar-refractivity contribution in [1.29, 1.82) is 0 Å². The fourth-order valence-corrected chi connectivity index (χ4v) is 3.67. The molecule has 0 fully saturated rings. The van der Waals surface area contributed by atoms with Gasteiger partial charge in [0.25, 0.3) is 0 Å². The number of hydrogen-bond acceptors (Lipinski definition) is 2. The van der Waals surface area contributed by atoms with Crippen molar-refractivity contribution in [3.8, 4) is 0 Å². The molecular weight excluding hydrogens is 368 g/mol. The molecule has 3 rings (SSSR count). The van der Waals surface area contributed by atoms with E-state index in [1.165, 1.54) is 11.1 Å². The van der Waals surface area contributed by atoms with Gasteiger partial charge in [0.15, 0.2) is 0 Å². The average molecular weight is 391 g/mol. The summed E-state index contributed by atoms with van der Waals surface area (Å²) in [5.74, 6) is 0.873. The molecule has 1 unspecified atom stereocenters. The first-order valence-corrected chi connectivity index (χ1v) is 9.29. The van der Waals surface area contributed by atoms with Crippen LogP contribution in [-0.2, 0) is 19.5 Å². The summed E-state index contributed by atoms with van der Waals surface area (Å²) in [6, 6.07) is 6.28. The highest BCUT2D eigenvalue weighted by atomic mass is 79.9. The van der Waals surface area contributed by atoms with Gasteiger partial charge in [0.1, 0.15) is 5.82 Å². The van der Waals surface area contributed by atoms with Crippen molar-refractivity contribution in [2.24, 2.45) is 0 Å². The highest BCUT2D eigenvalue weighted by molar-refractivity contribution is 9.10. The van der Waals surface area contributed by atoms with Gasteiger partial charge in [0.05, 0.1) is 12.6 Å². The zero-order valence-corrected chi connectivity index (χ0v) is 15.5. The van der Waals surface area contributed by atoms with Crippen LogP contribution in [-0.4, -0.2) is 15.6 Å². The molecule has 6 heteroatoms. The van der Waals surface area contributed by atoms with Crippen LogP contribution in [0.15, 0.2) is 35.1 Å². The number of aromatic nitrogens is 2. The summed E-state index contributed by atoms with van der Waals surface area (Å²) >= 11 is 3.54. The molecular formula is C18H23BrN4O. The summed E-state index contributed by atoms with van der Waals surface area (Å²) in [5, 5.41) is 6.06. The molecule has 1 aliphatic rings. The fourth-order valence-electron chi connectivity index (χ4n) is 3.26. The molecule has 0 aliphatic heterocycles. The summed E-state index contributed by atoms with van der Waals surface area (Å²) in [7, 11) is 0. The van der Waals surface area contributed by atoms with Crippen LogP contribution >= 0.6 is 15.9 Å². The smallest absolute Gasteiger partial charge is 0.315 e. The number of nitrogens with zero attached hydrogens (tertiary/aromatic N) is 2. The third kappa shape index (κ3) is 3.98. The van der Waals surface area contributed by atoms with E-state index >= 15 is 0 Å². The number of hydrogen-bond donors (Lipinski definition) is 2. The number of urea groups is 1. The maximum Gasteiger partial charge on any atom is 0.315 e. The molecule has 24 heavy (non-hydrogen) atoms. The number of carbonyl (C=O) groups is 1. The number of aryl methyl sites for hydroxylation is 2. The minimum atomic E-state index is -0.138. The van der Waals surface area contributed by atoms with Crippen LogP contribution in [0.1, 0.15) is 49.2 Å². The summed E-state index contributed by atoms with van der Waals surface area (Å²) in [4.78, 5) is 16.6. The highest BCUT2D eigenvalue weighted by Gasteiger charge is 2.20. The average Bonchev–Trinajstić information content (AvgIpc) is 2.95. The quantitative estimate of drug-likeness (QED) is 0.776. The zero-order chi connectivity index (χ0) is 16.9. The lowest BCUT2D eigenvalue weighted by atomic mass is 9.99. The molecule has 2 N–H and O–H groups in total. The first-order chi connectivity index (χ1) is 11.7. The van der Waals surface area contributed by atoms with Gasteiger partial charge in [-0.25, -0.2) is 9.78 Å². The van der Waals surface area contributed by atoms with Crippen LogP contribution in [0.5, 0.6) is 0 Å². The molecule has 2 aromatic rings. The monoisotopic (exact) mass is 390 g/mol. The van der Waals surface area contributed by atoms with Crippen molar-refractivity contribution >= 4 is 22.0 Å². The molecule has 0 saturated carbocycles. The fraction of sp³-hybridized carbons (Fsp3) is 0.444. The molecule has 0 bridgehead atoms. The van der Waals surface area contributed by atoms with Gasteiger partial charge in [0.2, 0.25) is 0 Å². The second-order valence-electron chi connectivity index (χ2n) is 6.10. The van der Waals surface area contributed by atoms with Gasteiger partial charge in [-0.15, -0.1) is 0 Å². The number of nitrogens with one attached hydrogen (secondary N) is 2. The molecule has 1 atom stereocenters. The van der Waals surface area contributed by atoms with E-state index in [4.69, 9.17) is 0 Å². The number of halogens is 1. The van der Waals surface area contributed by atoms with Crippen LogP contribution < -0.4 is 10.6 Å². The number of imidazole rings is 1. The standard InChI is InChI=1S/C18H23BrN4O/c1-2-23-10-9-20-17(23)12-21-18(24)22-16-6-4-3-5-13-11-14(19)7-8-15(13)16/h7-11,16H,2-6,12H2,1H3,(H2,21,22,24). The van der Waals surface area contributed by atoms with Crippen molar-refractivity contribution in [2.45, 2.75) is 51.7 Å². The Hall–Kier alpha value is -1.82. The maximum atomic E-state index is 12.3. The van der Waals surface area contributed by atoms with E-state index in [0.29, 0.717) is 6.54 Å². The third-order valence-corrected chi connectivity index (χ3v) is 5.02. The van der Waals surface area contributed by atoms with Gasteiger partial charge < -0.3 is 15.2 Å². The minimum Gasteiger partial charge on any atom is -0.334 e. The van der Waals surface area contributed by atoms with E-state index in [1.807, 2.05) is 10.8 Å². The first kappa shape index (κ1) is 17.0. The van der Waals surface area contributed by atoms with Crippen LogP contribution in [0.4, 0.5) is 4.79 Å². The summed E-state index contributed by atoms with van der Waals surface area (Å²) in [6.07, 6.45) is 8.02. The van der Waals surface area contributed by atoms with Crippen LogP contribution in [0.2, 0.25) is 0 Å². The zero-order valence-electron chi connectivity index (χ0n) is 13.9. The Morgan fingerprint density at radius 3 is 3.12 bits per heavy atom. The second-order valence-corrected chi connectivity index (χ2v) is 7.01. The lowest BCUT2D eigenvalue weighted by molar-refractivity contribution is 0.235. The van der Waals surface area contributed by atoms with Crippen molar-refractivity contribution in [1.82, 2.24) is 20.2 Å². The van der Waals surface area contributed by atoms with Gasteiger partial charge in [-0.05, 0) is 49.4 Å². The molecule has 2 amide bonds. The molecule has 0 saturated heterocycles. The Labute approximate surface area is 151 Å². The molecule has 0 spiro atoms. The van der Waals surface area contributed by atoms with E-state index in [9.17, 15) is 4.79 Å². The Bertz CT molecular complexity index is 713. The van der Waals surface area contributed by atoms with Crippen molar-refractivity contribution in [3.05, 3.63) is 52.0 Å². The van der Waals surface area contributed by atoms with Crippen LogP contribution in [0.25, 0.3) is 0 Å². The molecule has 1 heterocycles. The topological polar surface area (TPSA) is 59.0 Å². The van der Waals surface area contributed by atoms with Gasteiger partial charge in [-0.2, -0.15) is 0 Å². The molecule has 128 valence electrons. The minimum absolute atomic E-state index is 0.0709. The Morgan fingerprint density at radius 1 is 1.42 bits per heavy atom. The van der Waals surface area contributed by atoms with Crippen molar-refractivity contribution in [2.75, 3.05) is 0 Å². The second kappa shape index (κ2) is 7.83. The van der Waals surface area contributed by atoms with Crippen molar-refractivity contribution < 1.29 is 4.79 Å². The first-order valence-electron chi connectivity index (χ1n) is 8.50. The lowest BCUT2D eigenvalue weighted by Gasteiger charge is -2.20. The van der Waals surface area contributed by atoms with E-state index in [1.54, 1.807) is 6.20 Å². The predicted molar refractivity (Wildman–Crippen MR) is 97.7 cm³/mol. The predicted octanol–water partition coefficient (Wildman–Crippen LogP) is 3.93. The SMILES string of the molecule is CCn1ccnc1CNC(=O)NC1CCCCc2cc(Br)ccc21. The van der Waals surface area contributed by atoms with Gasteiger partial charge >= 0.3 is 6.03 Å². The van der Waals surface area contributed by atoms with Gasteiger partial charge in [-0.1, -0.05) is 28.4 Å². The van der Waals surface area contributed by atoms with Crippen LogP contribution in [0, 0.1) is 0 Å². The van der Waals surface area contributed by atoms with Crippen molar-refractivity contribution in [3.63, 3.8) is 0 Å². The lowest BCUT2D eigenvalue weighted by Crippen LogP contribution is -2.38. The summed E-state index contributed by atoms with van der Waals surface area (Å²) < 4.78 is 3.12. The molecule has 1 aromatic carbocycles. The van der Waals surface area contributed by atoms with E-state index < -0.39 is 0 Å². The maximum absolute atomic E-state index is 12.3. The molecule has 5 nitrogen and oxygen atoms in total. The largest absolute Gasteiger partial charge is 0.334 e. The Balaban J connectivity index is 1.64. The molecule has 0 radical (unpaired) electrons. The number of carbonyl (C=O) groups excluding carboxylic acids is 1. The Kier molecular flexibility index (Phi) is 5.56. The number of amides is 2. The van der Waals surface area contributed by atoms with Crippen LogP contribution in [0.3, 0.4) is 0 Å². The third-order valence-electron chi connectivity index (χ3n) is 4.52. The summed E-state index contributed by atoms with van der Waals surface area (Å²) in [6.45, 7) is 3.35. The molecule has 1 aromatic heterocycles. The molecule has 1 aliphatic carbocycles. The van der Waals surface area contributed by atoms with Gasteiger partial charge in [0, 0.05) is 23.4 Å². The summed E-state index contributed by atoms with van der Waals surface area (Å²) in [5.41, 5.74) is 2.56. The van der Waals surface area contributed by atoms with E-state index in [-0.39, 0.29) is 12.1 Å². The Morgan fingerprint density at radius 2 is 2.29 bits per heavy atom. The highest BCUT2D eigenvalue weighted by Crippen LogP contribution is 2.30. The normalized spacial score (nSPS) is 17.0. The number of rotatable bonds is 4. The van der Waals surface area contributed by atoms with E-state index in [0.717, 1.165) is 42.5 Å². The number of benzene rings is 1. The van der Waals surface area contributed by atoms with Gasteiger partial charge in [-0.3, -0.25) is 0 Å². The number of fused-ring (bicyclic) bond motifs is 1.